The minimum Gasteiger partial charge on any atom is -0.326 e. The molecule has 1 saturated heterocycles. The highest BCUT2D eigenvalue weighted by Gasteiger charge is 2.27. The quantitative estimate of drug-likeness (QED) is 0.538. The highest BCUT2D eigenvalue weighted by molar-refractivity contribution is 4.58. The number of piperidine rings is 1. The Morgan fingerprint density at radius 3 is 2.73 bits per heavy atom. The summed E-state index contributed by atoms with van der Waals surface area (Å²) in [5.74, 6) is 0.959. The van der Waals surface area contributed by atoms with Crippen LogP contribution in [-0.2, 0) is 0 Å². The van der Waals surface area contributed by atoms with Crippen LogP contribution in [0.3, 0.4) is 0 Å². The average Bonchev–Trinajstić information content (AvgIpc) is 1.86. The van der Waals surface area contributed by atoms with Crippen LogP contribution < -0.4 is 0 Å². The normalized spacial score (nSPS) is 39.0. The first-order valence-corrected chi connectivity index (χ1v) is 5.00. The van der Waals surface area contributed by atoms with Gasteiger partial charge in [-0.05, 0) is 19.3 Å². The van der Waals surface area contributed by atoms with Gasteiger partial charge in [0.2, 0.25) is 0 Å². The molecule has 1 heterocycles. The molecule has 1 aliphatic heterocycles. The average molecular weight is 156 g/mol. The smallest absolute Gasteiger partial charge is 0.0810 e. The van der Waals surface area contributed by atoms with Crippen molar-refractivity contribution in [2.24, 2.45) is 5.92 Å². The maximum Gasteiger partial charge on any atom is 0.0810 e. The van der Waals surface area contributed by atoms with E-state index >= 15 is 0 Å². The minimum absolute atomic E-state index is 0.959. The van der Waals surface area contributed by atoms with Crippen molar-refractivity contribution in [1.82, 2.24) is 0 Å². The third-order valence-corrected chi connectivity index (χ3v) is 2.91. The molecule has 0 aromatic rings. The first kappa shape index (κ1) is 9.05. The van der Waals surface area contributed by atoms with E-state index in [1.54, 1.807) is 0 Å². The monoisotopic (exact) mass is 156 g/mol. The summed E-state index contributed by atoms with van der Waals surface area (Å²) in [6, 6.07) is 0. The molecule has 0 aromatic heterocycles. The Kier molecular flexibility index (Phi) is 2.94. The van der Waals surface area contributed by atoms with Crippen LogP contribution >= 0.6 is 0 Å². The number of hydrogen-bond acceptors (Lipinski definition) is 0. The lowest BCUT2D eigenvalue weighted by molar-refractivity contribution is -0.917. The molecule has 1 rings (SSSR count). The number of rotatable bonds is 2. The molecule has 66 valence electrons. The molecule has 0 spiro atoms. The van der Waals surface area contributed by atoms with Crippen molar-refractivity contribution in [3.05, 3.63) is 0 Å². The fourth-order valence-electron chi connectivity index (χ4n) is 2.50. The predicted molar refractivity (Wildman–Crippen MR) is 49.5 cm³/mol. The molecule has 0 aromatic carbocycles. The molecule has 0 aliphatic carbocycles. The molecule has 0 N–H and O–H groups in total. The molecule has 1 nitrogen and oxygen atoms in total. The molecular weight excluding hydrogens is 134 g/mol. The zero-order valence-corrected chi connectivity index (χ0v) is 8.27. The van der Waals surface area contributed by atoms with Crippen LogP contribution in [0.1, 0.15) is 33.1 Å². The molecule has 1 heteroatoms. The van der Waals surface area contributed by atoms with Gasteiger partial charge in [0.05, 0.1) is 26.7 Å². The summed E-state index contributed by atoms with van der Waals surface area (Å²) in [6.45, 7) is 8.89. The highest BCUT2D eigenvalue weighted by Crippen LogP contribution is 2.21. The standard InChI is InChI=1S/C10H22N/c1-4-7-11(3)8-5-6-10(2)9-11/h10H,4-9H2,1-3H3/q+1. The molecule has 0 bridgehead atoms. The van der Waals surface area contributed by atoms with E-state index in [0.29, 0.717) is 0 Å². The van der Waals surface area contributed by atoms with Crippen LogP contribution in [0.2, 0.25) is 0 Å². The van der Waals surface area contributed by atoms with E-state index < -0.39 is 0 Å². The molecule has 0 radical (unpaired) electrons. The van der Waals surface area contributed by atoms with Crippen LogP contribution in [0.15, 0.2) is 0 Å². The van der Waals surface area contributed by atoms with E-state index in [2.05, 4.69) is 20.9 Å². The van der Waals surface area contributed by atoms with E-state index in [4.69, 9.17) is 0 Å². The number of hydrogen-bond donors (Lipinski definition) is 0. The number of nitrogens with zero attached hydrogens (tertiary/aromatic N) is 1. The summed E-state index contributed by atoms with van der Waals surface area (Å²) < 4.78 is 1.33. The van der Waals surface area contributed by atoms with Gasteiger partial charge >= 0.3 is 0 Å². The van der Waals surface area contributed by atoms with Crippen molar-refractivity contribution in [2.45, 2.75) is 33.1 Å². The Hall–Kier alpha value is -0.0400. The Labute approximate surface area is 71.0 Å². The first-order valence-electron chi connectivity index (χ1n) is 5.00. The molecule has 2 atom stereocenters. The molecule has 0 saturated carbocycles. The van der Waals surface area contributed by atoms with Crippen molar-refractivity contribution >= 4 is 0 Å². The van der Waals surface area contributed by atoms with Gasteiger partial charge in [-0.25, -0.2) is 0 Å². The van der Waals surface area contributed by atoms with Crippen molar-refractivity contribution < 1.29 is 4.48 Å². The van der Waals surface area contributed by atoms with Gasteiger partial charge < -0.3 is 4.48 Å². The van der Waals surface area contributed by atoms with Gasteiger partial charge in [-0.15, -0.1) is 0 Å². The Bertz CT molecular complexity index is 118. The van der Waals surface area contributed by atoms with Crippen molar-refractivity contribution in [3.63, 3.8) is 0 Å². The van der Waals surface area contributed by atoms with E-state index in [1.807, 2.05) is 0 Å². The van der Waals surface area contributed by atoms with Gasteiger partial charge in [0.25, 0.3) is 0 Å². The highest BCUT2D eigenvalue weighted by atomic mass is 15.3. The first-order chi connectivity index (χ1) is 5.16. The summed E-state index contributed by atoms with van der Waals surface area (Å²) in [4.78, 5) is 0. The van der Waals surface area contributed by atoms with Crippen molar-refractivity contribution in [1.29, 1.82) is 0 Å². The topological polar surface area (TPSA) is 0 Å². The zero-order chi connectivity index (χ0) is 8.32. The van der Waals surface area contributed by atoms with E-state index in [0.717, 1.165) is 5.92 Å². The van der Waals surface area contributed by atoms with Gasteiger partial charge in [-0.3, -0.25) is 0 Å². The Morgan fingerprint density at radius 2 is 2.18 bits per heavy atom. The Morgan fingerprint density at radius 1 is 1.45 bits per heavy atom. The van der Waals surface area contributed by atoms with Crippen molar-refractivity contribution in [2.75, 3.05) is 26.7 Å². The van der Waals surface area contributed by atoms with Crippen LogP contribution in [0.5, 0.6) is 0 Å². The van der Waals surface area contributed by atoms with E-state index in [9.17, 15) is 0 Å². The second-order valence-electron chi connectivity index (χ2n) is 4.50. The van der Waals surface area contributed by atoms with Gasteiger partial charge in [0.15, 0.2) is 0 Å². The van der Waals surface area contributed by atoms with Gasteiger partial charge in [-0.1, -0.05) is 13.8 Å². The van der Waals surface area contributed by atoms with Gasteiger partial charge in [-0.2, -0.15) is 0 Å². The fraction of sp³-hybridized carbons (Fsp3) is 1.00. The number of likely N-dealkylation sites (tertiary alicyclic amines) is 1. The second-order valence-corrected chi connectivity index (χ2v) is 4.50. The number of quaternary nitrogens is 1. The van der Waals surface area contributed by atoms with E-state index in [1.165, 1.54) is 43.4 Å². The third kappa shape index (κ3) is 2.48. The predicted octanol–water partition coefficient (Wildman–Crippen LogP) is 2.27. The lowest BCUT2D eigenvalue weighted by atomic mass is 9.98. The van der Waals surface area contributed by atoms with E-state index in [-0.39, 0.29) is 0 Å². The largest absolute Gasteiger partial charge is 0.326 e. The molecule has 2 unspecified atom stereocenters. The van der Waals surface area contributed by atoms with Crippen LogP contribution in [-0.4, -0.2) is 31.2 Å². The molecular formula is C10H22N+. The lowest BCUT2D eigenvalue weighted by Gasteiger charge is -2.40. The summed E-state index contributed by atoms with van der Waals surface area (Å²) in [7, 11) is 2.42. The van der Waals surface area contributed by atoms with Crippen LogP contribution in [0.25, 0.3) is 0 Å². The fourth-order valence-corrected chi connectivity index (χ4v) is 2.50. The molecule has 0 amide bonds. The molecule has 1 fully saturated rings. The maximum atomic E-state index is 2.42. The summed E-state index contributed by atoms with van der Waals surface area (Å²) >= 11 is 0. The summed E-state index contributed by atoms with van der Waals surface area (Å²) in [5, 5.41) is 0. The molecule has 1 aliphatic rings. The Balaban J connectivity index is 2.41. The maximum absolute atomic E-state index is 2.42. The van der Waals surface area contributed by atoms with Crippen LogP contribution in [0.4, 0.5) is 0 Å². The molecule has 11 heavy (non-hydrogen) atoms. The van der Waals surface area contributed by atoms with Crippen LogP contribution in [0, 0.1) is 5.92 Å². The second kappa shape index (κ2) is 3.57. The third-order valence-electron chi connectivity index (χ3n) is 2.91. The minimum atomic E-state index is 0.959. The zero-order valence-electron chi connectivity index (χ0n) is 8.27. The summed E-state index contributed by atoms with van der Waals surface area (Å²) in [6.07, 6.45) is 4.23. The lowest BCUT2D eigenvalue weighted by Crippen LogP contribution is -2.50. The van der Waals surface area contributed by atoms with Gasteiger partial charge in [0, 0.05) is 5.92 Å². The summed E-state index contributed by atoms with van der Waals surface area (Å²) in [5.41, 5.74) is 0. The van der Waals surface area contributed by atoms with Crippen molar-refractivity contribution in [3.8, 4) is 0 Å². The van der Waals surface area contributed by atoms with Gasteiger partial charge in [0.1, 0.15) is 0 Å². The SMILES string of the molecule is CCC[N+]1(C)CCCC(C)C1.